The molecule has 3 rings (SSSR count). The zero-order valence-corrected chi connectivity index (χ0v) is 12.9. The molecule has 1 aliphatic heterocycles. The highest BCUT2D eigenvalue weighted by Gasteiger charge is 2.29. The van der Waals surface area contributed by atoms with E-state index in [1.165, 1.54) is 10.9 Å². The number of amides is 1. The number of sulfone groups is 1. The Morgan fingerprint density at radius 3 is 2.68 bits per heavy atom. The quantitative estimate of drug-likeness (QED) is 0.888. The molecule has 0 spiro atoms. The smallest absolute Gasteiger partial charge is 0.273 e. The van der Waals surface area contributed by atoms with E-state index in [4.69, 9.17) is 0 Å². The molecule has 0 saturated carbocycles. The van der Waals surface area contributed by atoms with Crippen LogP contribution in [0.25, 0.3) is 5.69 Å². The zero-order chi connectivity index (χ0) is 15.7. The van der Waals surface area contributed by atoms with Crippen molar-refractivity contribution in [2.24, 2.45) is 0 Å². The van der Waals surface area contributed by atoms with Crippen LogP contribution in [0.5, 0.6) is 0 Å². The number of hydrogen-bond donors (Lipinski definition) is 1. The summed E-state index contributed by atoms with van der Waals surface area (Å²) in [7, 11) is -3.02. The lowest BCUT2D eigenvalue weighted by molar-refractivity contribution is 0.0936. The molecule has 0 radical (unpaired) electrons. The predicted octanol–water partition coefficient (Wildman–Crippen LogP) is 0.493. The molecule has 8 heteroatoms. The first-order chi connectivity index (χ1) is 10.4. The van der Waals surface area contributed by atoms with E-state index in [1.54, 1.807) is 0 Å². The van der Waals surface area contributed by atoms with Crippen LogP contribution >= 0.6 is 0 Å². The third-order valence-corrected chi connectivity index (χ3v) is 5.36. The molecule has 2 aromatic rings. The maximum Gasteiger partial charge on any atom is 0.273 e. The molecule has 1 unspecified atom stereocenters. The Morgan fingerprint density at radius 2 is 2.05 bits per heavy atom. The number of carbonyl (C=O) groups is 1. The van der Waals surface area contributed by atoms with E-state index in [9.17, 15) is 13.2 Å². The highest BCUT2D eigenvalue weighted by molar-refractivity contribution is 7.91. The van der Waals surface area contributed by atoms with Crippen LogP contribution in [0.1, 0.15) is 22.5 Å². The van der Waals surface area contributed by atoms with E-state index >= 15 is 0 Å². The number of benzene rings is 1. The maximum absolute atomic E-state index is 12.1. The topological polar surface area (TPSA) is 94.0 Å². The Morgan fingerprint density at radius 1 is 1.32 bits per heavy atom. The van der Waals surface area contributed by atoms with Gasteiger partial charge in [0.15, 0.2) is 15.5 Å². The molecule has 1 saturated heterocycles. The minimum Gasteiger partial charge on any atom is -0.347 e. The Balaban J connectivity index is 1.71. The molecular formula is C14H16N4O3S. The van der Waals surface area contributed by atoms with Gasteiger partial charge in [0.2, 0.25) is 0 Å². The molecule has 7 nitrogen and oxygen atoms in total. The van der Waals surface area contributed by atoms with Gasteiger partial charge in [0.1, 0.15) is 0 Å². The molecule has 1 atom stereocenters. The summed E-state index contributed by atoms with van der Waals surface area (Å²) in [5.41, 5.74) is 2.11. The molecule has 1 amide bonds. The molecule has 2 heterocycles. The monoisotopic (exact) mass is 320 g/mol. The van der Waals surface area contributed by atoms with Crippen molar-refractivity contribution in [2.45, 2.75) is 19.4 Å². The van der Waals surface area contributed by atoms with Gasteiger partial charge in [-0.1, -0.05) is 22.9 Å². The van der Waals surface area contributed by atoms with E-state index in [-0.39, 0.29) is 23.2 Å². The lowest BCUT2D eigenvalue weighted by Crippen LogP contribution is -2.35. The average molecular weight is 320 g/mol. The minimum atomic E-state index is -3.02. The fraction of sp³-hybridized carbons (Fsp3) is 0.357. The SMILES string of the molecule is Cc1ccc(-n2cc(C(=O)NC3CCS(=O)(=O)C3)nn2)cc1. The third-order valence-electron chi connectivity index (χ3n) is 3.59. The van der Waals surface area contributed by atoms with Gasteiger partial charge < -0.3 is 5.32 Å². The summed E-state index contributed by atoms with van der Waals surface area (Å²) in [6.45, 7) is 1.99. The van der Waals surface area contributed by atoms with Crippen LogP contribution in [0.15, 0.2) is 30.5 Å². The summed E-state index contributed by atoms with van der Waals surface area (Å²) < 4.78 is 24.3. The van der Waals surface area contributed by atoms with Gasteiger partial charge in [-0.2, -0.15) is 0 Å². The van der Waals surface area contributed by atoms with Crippen molar-refractivity contribution in [2.75, 3.05) is 11.5 Å². The van der Waals surface area contributed by atoms with Crippen molar-refractivity contribution in [3.8, 4) is 5.69 Å². The van der Waals surface area contributed by atoms with Crippen LogP contribution in [0.4, 0.5) is 0 Å². The average Bonchev–Trinajstić information content (AvgIpc) is 3.06. The molecule has 1 aromatic carbocycles. The summed E-state index contributed by atoms with van der Waals surface area (Å²) in [5, 5.41) is 10.5. The second-order valence-electron chi connectivity index (χ2n) is 5.46. The van der Waals surface area contributed by atoms with E-state index in [0.29, 0.717) is 6.42 Å². The van der Waals surface area contributed by atoms with Crippen LogP contribution in [0.2, 0.25) is 0 Å². The lowest BCUT2D eigenvalue weighted by Gasteiger charge is -2.08. The first kappa shape index (κ1) is 14.7. The summed E-state index contributed by atoms with van der Waals surface area (Å²) in [4.78, 5) is 12.1. The third kappa shape index (κ3) is 3.16. The molecule has 1 fully saturated rings. The molecule has 116 valence electrons. The van der Waals surface area contributed by atoms with Crippen molar-refractivity contribution in [1.29, 1.82) is 0 Å². The second kappa shape index (κ2) is 5.53. The normalized spacial score (nSPS) is 20.0. The Hall–Kier alpha value is -2.22. The van der Waals surface area contributed by atoms with Crippen molar-refractivity contribution in [3.05, 3.63) is 41.7 Å². The van der Waals surface area contributed by atoms with Gasteiger partial charge >= 0.3 is 0 Å². The highest BCUT2D eigenvalue weighted by Crippen LogP contribution is 2.12. The van der Waals surface area contributed by atoms with Gasteiger partial charge in [-0.3, -0.25) is 4.79 Å². The molecule has 0 bridgehead atoms. The number of hydrogen-bond acceptors (Lipinski definition) is 5. The minimum absolute atomic E-state index is 0.00909. The summed E-state index contributed by atoms with van der Waals surface area (Å²) in [6.07, 6.45) is 1.98. The molecule has 1 aliphatic rings. The molecule has 1 aromatic heterocycles. The van der Waals surface area contributed by atoms with E-state index in [1.807, 2.05) is 31.2 Å². The molecule has 1 N–H and O–H groups in total. The number of aromatic nitrogens is 3. The van der Waals surface area contributed by atoms with Gasteiger partial charge in [-0.05, 0) is 25.5 Å². The second-order valence-corrected chi connectivity index (χ2v) is 7.69. The first-order valence-electron chi connectivity index (χ1n) is 6.94. The fourth-order valence-electron chi connectivity index (χ4n) is 2.36. The number of rotatable bonds is 3. The predicted molar refractivity (Wildman–Crippen MR) is 80.6 cm³/mol. The number of carbonyl (C=O) groups excluding carboxylic acids is 1. The molecule has 22 heavy (non-hydrogen) atoms. The van der Waals surface area contributed by atoms with Crippen LogP contribution in [-0.4, -0.2) is 46.9 Å². The summed E-state index contributed by atoms with van der Waals surface area (Å²) in [6, 6.07) is 7.31. The molecule has 0 aliphatic carbocycles. The standard InChI is InChI=1S/C14H16N4O3S/c1-10-2-4-12(5-3-10)18-8-13(16-17-18)14(19)15-11-6-7-22(20,21)9-11/h2-5,8,11H,6-7,9H2,1H3,(H,15,19). The van der Waals surface area contributed by atoms with Crippen LogP contribution in [-0.2, 0) is 9.84 Å². The number of aryl methyl sites for hydroxylation is 1. The van der Waals surface area contributed by atoms with Crippen molar-refractivity contribution in [3.63, 3.8) is 0 Å². The van der Waals surface area contributed by atoms with Crippen molar-refractivity contribution in [1.82, 2.24) is 20.3 Å². The van der Waals surface area contributed by atoms with Crippen LogP contribution < -0.4 is 5.32 Å². The molecular weight excluding hydrogens is 304 g/mol. The Bertz CT molecular complexity index is 796. The Labute approximate surface area is 128 Å². The highest BCUT2D eigenvalue weighted by atomic mass is 32.2. The van der Waals surface area contributed by atoms with E-state index < -0.39 is 15.7 Å². The van der Waals surface area contributed by atoms with Gasteiger partial charge in [-0.25, -0.2) is 13.1 Å². The fourth-order valence-corrected chi connectivity index (χ4v) is 4.03. The number of nitrogens with zero attached hydrogens (tertiary/aromatic N) is 3. The van der Waals surface area contributed by atoms with E-state index in [0.717, 1.165) is 11.3 Å². The maximum atomic E-state index is 12.1. The van der Waals surface area contributed by atoms with Gasteiger partial charge in [0.25, 0.3) is 5.91 Å². The van der Waals surface area contributed by atoms with Gasteiger partial charge in [0.05, 0.1) is 23.4 Å². The number of nitrogens with one attached hydrogen (secondary N) is 1. The first-order valence-corrected chi connectivity index (χ1v) is 8.76. The summed E-state index contributed by atoms with van der Waals surface area (Å²) >= 11 is 0. The van der Waals surface area contributed by atoms with E-state index in [2.05, 4.69) is 15.6 Å². The zero-order valence-electron chi connectivity index (χ0n) is 12.1. The van der Waals surface area contributed by atoms with Crippen molar-refractivity contribution >= 4 is 15.7 Å². The Kier molecular flexibility index (Phi) is 3.69. The van der Waals surface area contributed by atoms with Crippen molar-refractivity contribution < 1.29 is 13.2 Å². The lowest BCUT2D eigenvalue weighted by atomic mass is 10.2. The van der Waals surface area contributed by atoms with Crippen LogP contribution in [0.3, 0.4) is 0 Å². The van der Waals surface area contributed by atoms with Crippen LogP contribution in [0, 0.1) is 6.92 Å². The van der Waals surface area contributed by atoms with Gasteiger partial charge in [-0.15, -0.1) is 5.10 Å². The van der Waals surface area contributed by atoms with Gasteiger partial charge in [0, 0.05) is 6.04 Å². The summed E-state index contributed by atoms with van der Waals surface area (Å²) in [5.74, 6) is -0.292. The largest absolute Gasteiger partial charge is 0.347 e.